The van der Waals surface area contributed by atoms with Crippen molar-refractivity contribution >= 4 is 11.5 Å². The van der Waals surface area contributed by atoms with Crippen molar-refractivity contribution in [1.82, 2.24) is 5.32 Å². The standard InChI is InChI=1S/C14H14FNO/c1-4-7-10(5-2)11-8-6-9-12(13(11)15)14(17)16-3/h4-9H,1-2H2,3H3,(H,16,17)/b10-7+. The predicted molar refractivity (Wildman–Crippen MR) is 68.2 cm³/mol. The van der Waals surface area contributed by atoms with Crippen LogP contribution in [0.2, 0.25) is 0 Å². The summed E-state index contributed by atoms with van der Waals surface area (Å²) < 4.78 is 14.1. The number of halogens is 1. The highest BCUT2D eigenvalue weighted by Gasteiger charge is 2.14. The Morgan fingerprint density at radius 1 is 1.35 bits per heavy atom. The molecule has 0 aliphatic carbocycles. The summed E-state index contributed by atoms with van der Waals surface area (Å²) in [6.07, 6.45) is 4.70. The van der Waals surface area contributed by atoms with Crippen molar-refractivity contribution < 1.29 is 9.18 Å². The fraction of sp³-hybridized carbons (Fsp3) is 0.0714. The van der Waals surface area contributed by atoms with Crippen LogP contribution in [0, 0.1) is 5.82 Å². The molecular formula is C14H14FNO. The van der Waals surface area contributed by atoms with E-state index < -0.39 is 11.7 Å². The summed E-state index contributed by atoms with van der Waals surface area (Å²) in [5, 5.41) is 2.39. The second-order valence-electron chi connectivity index (χ2n) is 3.31. The lowest BCUT2D eigenvalue weighted by molar-refractivity contribution is 0.0959. The van der Waals surface area contributed by atoms with E-state index in [4.69, 9.17) is 0 Å². The number of carbonyl (C=O) groups is 1. The van der Waals surface area contributed by atoms with E-state index in [-0.39, 0.29) is 5.56 Å². The predicted octanol–water partition coefficient (Wildman–Crippen LogP) is 2.94. The summed E-state index contributed by atoms with van der Waals surface area (Å²) in [5.41, 5.74) is 0.936. The lowest BCUT2D eigenvalue weighted by Crippen LogP contribution is -2.19. The Labute approximate surface area is 100 Å². The van der Waals surface area contributed by atoms with Gasteiger partial charge in [0.15, 0.2) is 0 Å². The third-order valence-corrected chi connectivity index (χ3v) is 2.30. The highest BCUT2D eigenvalue weighted by atomic mass is 19.1. The van der Waals surface area contributed by atoms with Gasteiger partial charge in [-0.2, -0.15) is 0 Å². The van der Waals surface area contributed by atoms with Crippen LogP contribution < -0.4 is 5.32 Å². The molecule has 17 heavy (non-hydrogen) atoms. The van der Waals surface area contributed by atoms with Gasteiger partial charge in [-0.25, -0.2) is 4.39 Å². The zero-order valence-electron chi connectivity index (χ0n) is 9.66. The SMILES string of the molecule is C=C/C=C(\C=C)c1cccc(C(=O)NC)c1F. The number of hydrogen-bond acceptors (Lipinski definition) is 1. The maximum absolute atomic E-state index is 14.1. The van der Waals surface area contributed by atoms with Crippen LogP contribution in [0.4, 0.5) is 4.39 Å². The van der Waals surface area contributed by atoms with Crippen molar-refractivity contribution in [3.63, 3.8) is 0 Å². The highest BCUT2D eigenvalue weighted by molar-refractivity contribution is 5.95. The number of amides is 1. The minimum Gasteiger partial charge on any atom is -0.355 e. The van der Waals surface area contributed by atoms with Gasteiger partial charge in [0.25, 0.3) is 5.91 Å². The van der Waals surface area contributed by atoms with Crippen molar-refractivity contribution in [2.24, 2.45) is 0 Å². The third kappa shape index (κ3) is 2.69. The molecule has 1 N–H and O–H groups in total. The van der Waals surface area contributed by atoms with E-state index in [1.54, 1.807) is 24.3 Å². The molecule has 0 radical (unpaired) electrons. The number of nitrogens with one attached hydrogen (secondary N) is 1. The van der Waals surface area contributed by atoms with Gasteiger partial charge in [0.1, 0.15) is 5.82 Å². The summed E-state index contributed by atoms with van der Waals surface area (Å²) >= 11 is 0. The molecule has 0 aromatic heterocycles. The molecule has 1 aromatic rings. The van der Waals surface area contributed by atoms with Crippen LogP contribution in [-0.4, -0.2) is 13.0 Å². The molecule has 1 aromatic carbocycles. The molecular weight excluding hydrogens is 217 g/mol. The van der Waals surface area contributed by atoms with Gasteiger partial charge < -0.3 is 5.32 Å². The third-order valence-electron chi connectivity index (χ3n) is 2.30. The lowest BCUT2D eigenvalue weighted by atomic mass is 10.0. The molecule has 0 fully saturated rings. The maximum Gasteiger partial charge on any atom is 0.254 e. The fourth-order valence-corrected chi connectivity index (χ4v) is 1.46. The van der Waals surface area contributed by atoms with Crippen molar-refractivity contribution in [3.05, 3.63) is 66.5 Å². The zero-order valence-corrected chi connectivity index (χ0v) is 9.66. The van der Waals surface area contributed by atoms with Gasteiger partial charge in [-0.3, -0.25) is 4.79 Å². The largest absolute Gasteiger partial charge is 0.355 e. The number of benzene rings is 1. The maximum atomic E-state index is 14.1. The van der Waals surface area contributed by atoms with Gasteiger partial charge in [0, 0.05) is 12.6 Å². The van der Waals surface area contributed by atoms with Crippen LogP contribution in [0.3, 0.4) is 0 Å². The summed E-state index contributed by atoms with van der Waals surface area (Å²) in [6, 6.07) is 4.66. The number of hydrogen-bond donors (Lipinski definition) is 1. The normalized spacial score (nSPS) is 10.8. The van der Waals surface area contributed by atoms with E-state index in [2.05, 4.69) is 18.5 Å². The molecule has 0 heterocycles. The van der Waals surface area contributed by atoms with Crippen LogP contribution in [-0.2, 0) is 0 Å². The molecule has 0 bridgehead atoms. The number of allylic oxidation sites excluding steroid dienone is 4. The Balaban J connectivity index is 3.36. The topological polar surface area (TPSA) is 29.1 Å². The molecule has 0 saturated heterocycles. The first-order valence-corrected chi connectivity index (χ1v) is 5.11. The Morgan fingerprint density at radius 3 is 2.53 bits per heavy atom. The zero-order chi connectivity index (χ0) is 12.8. The lowest BCUT2D eigenvalue weighted by Gasteiger charge is -2.07. The first kappa shape index (κ1) is 12.9. The molecule has 0 atom stereocenters. The van der Waals surface area contributed by atoms with Crippen LogP contribution in [0.15, 0.2) is 49.6 Å². The van der Waals surface area contributed by atoms with E-state index in [1.807, 2.05) is 0 Å². The van der Waals surface area contributed by atoms with Gasteiger partial charge in [0.05, 0.1) is 5.56 Å². The van der Waals surface area contributed by atoms with Gasteiger partial charge in [-0.15, -0.1) is 0 Å². The van der Waals surface area contributed by atoms with E-state index in [0.717, 1.165) is 0 Å². The molecule has 88 valence electrons. The number of carbonyl (C=O) groups excluding carboxylic acids is 1. The van der Waals surface area contributed by atoms with Crippen molar-refractivity contribution in [2.45, 2.75) is 0 Å². The second kappa shape index (κ2) is 5.80. The summed E-state index contributed by atoms with van der Waals surface area (Å²) in [6.45, 7) is 7.16. The van der Waals surface area contributed by atoms with Crippen LogP contribution in [0.1, 0.15) is 15.9 Å². The van der Waals surface area contributed by atoms with E-state index >= 15 is 0 Å². The van der Waals surface area contributed by atoms with Gasteiger partial charge in [0.2, 0.25) is 0 Å². The average Bonchev–Trinajstić information content (AvgIpc) is 2.36. The smallest absolute Gasteiger partial charge is 0.254 e. The number of rotatable bonds is 4. The molecule has 0 aliphatic heterocycles. The molecule has 0 unspecified atom stereocenters. The Bertz CT molecular complexity index is 489. The minimum absolute atomic E-state index is 0.0156. The fourth-order valence-electron chi connectivity index (χ4n) is 1.46. The highest BCUT2D eigenvalue weighted by Crippen LogP contribution is 2.22. The summed E-state index contributed by atoms with van der Waals surface area (Å²) in [4.78, 5) is 11.4. The second-order valence-corrected chi connectivity index (χ2v) is 3.31. The van der Waals surface area contributed by atoms with Crippen LogP contribution >= 0.6 is 0 Å². The van der Waals surface area contributed by atoms with E-state index in [9.17, 15) is 9.18 Å². The first-order valence-electron chi connectivity index (χ1n) is 5.11. The molecule has 2 nitrogen and oxygen atoms in total. The van der Waals surface area contributed by atoms with Gasteiger partial charge in [-0.05, 0) is 11.6 Å². The van der Waals surface area contributed by atoms with Crippen molar-refractivity contribution in [2.75, 3.05) is 7.05 Å². The molecule has 1 amide bonds. The minimum atomic E-state index is -0.556. The van der Waals surface area contributed by atoms with Crippen LogP contribution in [0.5, 0.6) is 0 Å². The molecule has 0 aliphatic rings. The van der Waals surface area contributed by atoms with Gasteiger partial charge >= 0.3 is 0 Å². The molecule has 3 heteroatoms. The summed E-state index contributed by atoms with van der Waals surface area (Å²) in [7, 11) is 1.46. The summed E-state index contributed by atoms with van der Waals surface area (Å²) in [5.74, 6) is -1.01. The Morgan fingerprint density at radius 2 is 2.00 bits per heavy atom. The van der Waals surface area contributed by atoms with Crippen molar-refractivity contribution in [1.29, 1.82) is 0 Å². The Kier molecular flexibility index (Phi) is 4.40. The first-order chi connectivity index (χ1) is 8.15. The molecule has 0 spiro atoms. The van der Waals surface area contributed by atoms with E-state index in [0.29, 0.717) is 11.1 Å². The molecule has 0 saturated carbocycles. The Hall–Kier alpha value is -2.16. The monoisotopic (exact) mass is 231 g/mol. The quantitative estimate of drug-likeness (QED) is 0.793. The molecule has 1 rings (SSSR count). The van der Waals surface area contributed by atoms with Gasteiger partial charge in [-0.1, -0.05) is 43.5 Å². The van der Waals surface area contributed by atoms with Crippen molar-refractivity contribution in [3.8, 4) is 0 Å². The van der Waals surface area contributed by atoms with E-state index in [1.165, 1.54) is 19.2 Å². The van der Waals surface area contributed by atoms with Crippen LogP contribution in [0.25, 0.3) is 5.57 Å². The average molecular weight is 231 g/mol.